The van der Waals surface area contributed by atoms with E-state index in [9.17, 15) is 4.79 Å². The summed E-state index contributed by atoms with van der Waals surface area (Å²) in [6, 6.07) is 25.5. The fourth-order valence-corrected chi connectivity index (χ4v) is 4.55. The highest BCUT2D eigenvalue weighted by Gasteiger charge is 2.15. The van der Waals surface area contributed by atoms with Crippen molar-refractivity contribution in [2.75, 3.05) is 24.9 Å². The average Bonchev–Trinajstić information content (AvgIpc) is 2.91. The number of carbonyl (C=O) groups is 1. The molecule has 6 heteroatoms. The Balaban J connectivity index is 1.42. The van der Waals surface area contributed by atoms with E-state index in [1.807, 2.05) is 66.7 Å². The molecule has 1 heterocycles. The molecule has 0 spiro atoms. The molecule has 5 rings (SSSR count). The number of aromatic nitrogens is 1. The highest BCUT2D eigenvalue weighted by Crippen LogP contribution is 2.36. The lowest BCUT2D eigenvalue weighted by Gasteiger charge is -2.19. The molecule has 38 heavy (non-hydrogen) atoms. The third kappa shape index (κ3) is 4.98. The van der Waals surface area contributed by atoms with E-state index in [4.69, 9.17) is 9.47 Å². The van der Waals surface area contributed by atoms with Crippen molar-refractivity contribution in [3.63, 3.8) is 0 Å². The lowest BCUT2D eigenvalue weighted by Crippen LogP contribution is -2.14. The molecular weight excluding hydrogens is 474 g/mol. The number of amides is 1. The number of ether oxygens (including phenoxy) is 2. The number of fused-ring (bicyclic) bond motifs is 2. The number of rotatable bonds is 6. The molecule has 0 radical (unpaired) electrons. The van der Waals surface area contributed by atoms with Crippen molar-refractivity contribution in [1.82, 2.24) is 4.98 Å². The van der Waals surface area contributed by atoms with E-state index in [-0.39, 0.29) is 11.3 Å². The number of carbonyl (C=O) groups excluding carboxylic acids is 1. The minimum atomic E-state index is -0.138. The zero-order valence-electron chi connectivity index (χ0n) is 22.3. The Kier molecular flexibility index (Phi) is 6.64. The van der Waals surface area contributed by atoms with Crippen molar-refractivity contribution < 1.29 is 14.3 Å². The van der Waals surface area contributed by atoms with Crippen molar-refractivity contribution in [3.05, 3.63) is 96.2 Å². The summed E-state index contributed by atoms with van der Waals surface area (Å²) in [4.78, 5) is 17.7. The number of nitrogens with one attached hydrogen (secondary N) is 2. The van der Waals surface area contributed by atoms with Crippen LogP contribution in [0, 0.1) is 0 Å². The van der Waals surface area contributed by atoms with Crippen LogP contribution in [0.3, 0.4) is 0 Å². The van der Waals surface area contributed by atoms with Crippen LogP contribution in [0.2, 0.25) is 0 Å². The van der Waals surface area contributed by atoms with Crippen LogP contribution < -0.4 is 20.1 Å². The van der Waals surface area contributed by atoms with E-state index in [0.717, 1.165) is 38.7 Å². The van der Waals surface area contributed by atoms with E-state index in [2.05, 4.69) is 48.5 Å². The minimum Gasteiger partial charge on any atom is -0.493 e. The number of anilines is 3. The molecule has 0 aliphatic rings. The van der Waals surface area contributed by atoms with Crippen molar-refractivity contribution in [3.8, 4) is 11.5 Å². The molecule has 192 valence electrons. The van der Waals surface area contributed by atoms with Gasteiger partial charge in [-0.15, -0.1) is 0 Å². The number of benzene rings is 4. The average molecular weight is 506 g/mol. The molecule has 0 unspecified atom stereocenters. The maximum Gasteiger partial charge on any atom is 0.256 e. The van der Waals surface area contributed by atoms with Gasteiger partial charge in [0.05, 0.1) is 19.7 Å². The van der Waals surface area contributed by atoms with Gasteiger partial charge in [-0.25, -0.2) is 0 Å². The van der Waals surface area contributed by atoms with Gasteiger partial charge in [0.1, 0.15) is 0 Å². The largest absolute Gasteiger partial charge is 0.493 e. The molecule has 6 nitrogen and oxygen atoms in total. The Morgan fingerprint density at radius 1 is 0.789 bits per heavy atom. The van der Waals surface area contributed by atoms with E-state index < -0.39 is 0 Å². The van der Waals surface area contributed by atoms with Gasteiger partial charge in [0.25, 0.3) is 5.91 Å². The minimum absolute atomic E-state index is 0.0609. The predicted molar refractivity (Wildman–Crippen MR) is 155 cm³/mol. The van der Waals surface area contributed by atoms with Crippen LogP contribution in [0.4, 0.5) is 17.1 Å². The molecule has 0 saturated carbocycles. The topological polar surface area (TPSA) is 72.5 Å². The molecule has 0 aliphatic carbocycles. The fourth-order valence-electron chi connectivity index (χ4n) is 4.55. The first-order valence-corrected chi connectivity index (χ1v) is 12.5. The van der Waals surface area contributed by atoms with Crippen LogP contribution >= 0.6 is 0 Å². The van der Waals surface area contributed by atoms with Crippen LogP contribution in [0.5, 0.6) is 11.5 Å². The van der Waals surface area contributed by atoms with Gasteiger partial charge in [-0.05, 0) is 64.2 Å². The summed E-state index contributed by atoms with van der Waals surface area (Å²) in [5.74, 6) is 1.13. The van der Waals surface area contributed by atoms with Gasteiger partial charge in [0, 0.05) is 40.3 Å². The van der Waals surface area contributed by atoms with Crippen molar-refractivity contribution in [2.45, 2.75) is 26.2 Å². The zero-order chi connectivity index (χ0) is 26.9. The Hall–Kier alpha value is -4.58. The Bertz CT molecular complexity index is 1640. The molecule has 1 aromatic heterocycles. The molecule has 0 bridgehead atoms. The number of nitrogens with zero attached hydrogens (tertiary/aromatic N) is 1. The summed E-state index contributed by atoms with van der Waals surface area (Å²) in [7, 11) is 3.23. The molecule has 2 N–H and O–H groups in total. The highest BCUT2D eigenvalue weighted by atomic mass is 16.5. The summed E-state index contributed by atoms with van der Waals surface area (Å²) in [5.41, 5.74) is 5.27. The van der Waals surface area contributed by atoms with Crippen molar-refractivity contribution >= 4 is 44.6 Å². The van der Waals surface area contributed by atoms with Gasteiger partial charge in [0.15, 0.2) is 11.5 Å². The summed E-state index contributed by atoms with van der Waals surface area (Å²) >= 11 is 0. The first-order valence-electron chi connectivity index (χ1n) is 12.5. The van der Waals surface area contributed by atoms with E-state index in [1.54, 1.807) is 20.4 Å². The second-order valence-electron chi connectivity index (χ2n) is 10.2. The highest BCUT2D eigenvalue weighted by molar-refractivity contribution is 6.13. The van der Waals surface area contributed by atoms with Gasteiger partial charge in [-0.3, -0.25) is 9.78 Å². The third-order valence-electron chi connectivity index (χ3n) is 6.66. The van der Waals surface area contributed by atoms with Crippen LogP contribution in [-0.2, 0) is 5.41 Å². The van der Waals surface area contributed by atoms with Crippen molar-refractivity contribution in [2.24, 2.45) is 0 Å². The number of pyridine rings is 1. The fraction of sp³-hybridized carbons (Fsp3) is 0.188. The number of methoxy groups -OCH3 is 2. The number of hydrogen-bond acceptors (Lipinski definition) is 5. The zero-order valence-corrected chi connectivity index (χ0v) is 22.3. The standard InChI is InChI=1S/C32H31N3O3/c1-32(2,3)21-9-11-22(12-10-21)35-31(36)25-8-6-7-20-17-23(13-14-24(20)25)34-27-15-16-33-28-19-30(38-5)29(37-4)18-26(27)28/h6-19H,1-5H3,(H,33,34)(H,35,36). The van der Waals surface area contributed by atoms with Crippen LogP contribution in [-0.4, -0.2) is 25.1 Å². The molecule has 0 aliphatic heterocycles. The van der Waals surface area contributed by atoms with Crippen LogP contribution in [0.15, 0.2) is 85.1 Å². The Labute approximate surface area is 222 Å². The number of hydrogen-bond donors (Lipinski definition) is 2. The maximum atomic E-state index is 13.2. The molecule has 1 amide bonds. The summed E-state index contributed by atoms with van der Waals surface area (Å²) in [5, 5.41) is 9.29. The van der Waals surface area contributed by atoms with Gasteiger partial charge < -0.3 is 20.1 Å². The Morgan fingerprint density at radius 2 is 1.50 bits per heavy atom. The molecule has 0 atom stereocenters. The van der Waals surface area contributed by atoms with Gasteiger partial charge in [-0.1, -0.05) is 51.1 Å². The third-order valence-corrected chi connectivity index (χ3v) is 6.66. The van der Waals surface area contributed by atoms with E-state index in [0.29, 0.717) is 17.1 Å². The Morgan fingerprint density at radius 3 is 2.21 bits per heavy atom. The molecule has 5 aromatic rings. The molecule has 0 fully saturated rings. The van der Waals surface area contributed by atoms with Gasteiger partial charge >= 0.3 is 0 Å². The quantitative estimate of drug-likeness (QED) is 0.247. The lowest BCUT2D eigenvalue weighted by molar-refractivity contribution is 0.102. The summed E-state index contributed by atoms with van der Waals surface area (Å²) < 4.78 is 10.9. The summed E-state index contributed by atoms with van der Waals surface area (Å²) in [6.45, 7) is 6.51. The van der Waals surface area contributed by atoms with Crippen LogP contribution in [0.25, 0.3) is 21.7 Å². The summed E-state index contributed by atoms with van der Waals surface area (Å²) in [6.07, 6.45) is 1.76. The normalized spacial score (nSPS) is 11.4. The second kappa shape index (κ2) is 10.1. The van der Waals surface area contributed by atoms with E-state index in [1.165, 1.54) is 5.56 Å². The monoisotopic (exact) mass is 505 g/mol. The molecule has 4 aromatic carbocycles. The SMILES string of the molecule is COc1cc2nccc(Nc3ccc4c(C(=O)Nc5ccc(C(C)(C)C)cc5)cccc4c3)c2cc1OC. The molecular formula is C32H31N3O3. The van der Waals surface area contributed by atoms with Crippen LogP contribution in [0.1, 0.15) is 36.7 Å². The van der Waals surface area contributed by atoms with Crippen molar-refractivity contribution in [1.29, 1.82) is 0 Å². The first-order chi connectivity index (χ1) is 18.3. The maximum absolute atomic E-state index is 13.2. The smallest absolute Gasteiger partial charge is 0.256 e. The first kappa shape index (κ1) is 25.1. The van der Waals surface area contributed by atoms with Gasteiger partial charge in [0.2, 0.25) is 0 Å². The predicted octanol–water partition coefficient (Wildman–Crippen LogP) is 7.70. The van der Waals surface area contributed by atoms with E-state index >= 15 is 0 Å². The lowest BCUT2D eigenvalue weighted by atomic mass is 9.87. The van der Waals surface area contributed by atoms with Gasteiger partial charge in [-0.2, -0.15) is 0 Å². The molecule has 0 saturated heterocycles. The second-order valence-corrected chi connectivity index (χ2v) is 10.2.